The minimum Gasteiger partial charge on any atom is -0.484 e. The summed E-state index contributed by atoms with van der Waals surface area (Å²) >= 11 is 3.15. The number of hydrogen-bond donors (Lipinski definition) is 1. The van der Waals surface area contributed by atoms with E-state index in [1.165, 1.54) is 17.0 Å². The fraction of sp³-hybridized carbons (Fsp3) is 0.222. The van der Waals surface area contributed by atoms with E-state index >= 15 is 0 Å². The van der Waals surface area contributed by atoms with Gasteiger partial charge in [-0.05, 0) is 42.5 Å². The van der Waals surface area contributed by atoms with E-state index in [0.717, 1.165) is 0 Å². The molecule has 0 fully saturated rings. The second-order valence-electron chi connectivity index (χ2n) is 5.51. The molecule has 1 N–H and O–H groups in total. The van der Waals surface area contributed by atoms with Gasteiger partial charge in [-0.3, -0.25) is 9.59 Å². The summed E-state index contributed by atoms with van der Waals surface area (Å²) in [7, 11) is 3.29. The predicted molar refractivity (Wildman–Crippen MR) is 98.9 cm³/mol. The van der Waals surface area contributed by atoms with Crippen LogP contribution in [0.3, 0.4) is 0 Å². The Bertz CT molecular complexity index is 781. The number of nitrogens with zero attached hydrogens (tertiary/aromatic N) is 1. The molecule has 6 nitrogen and oxygen atoms in total. The smallest absolute Gasteiger partial charge is 0.262 e. The maximum atomic E-state index is 13.6. The molecule has 0 aromatic heterocycles. The molecule has 2 aromatic rings. The van der Waals surface area contributed by atoms with Crippen LogP contribution in [0.15, 0.2) is 46.9 Å². The van der Waals surface area contributed by atoms with E-state index in [0.29, 0.717) is 15.9 Å². The third-order valence-electron chi connectivity index (χ3n) is 3.25. The molecule has 0 unspecified atom stereocenters. The average Bonchev–Trinajstić information content (AvgIpc) is 2.60. The quantitative estimate of drug-likeness (QED) is 0.741. The van der Waals surface area contributed by atoms with E-state index in [1.807, 2.05) is 0 Å². The lowest BCUT2D eigenvalue weighted by molar-refractivity contribution is -0.130. The van der Waals surface area contributed by atoms with E-state index in [2.05, 4.69) is 21.2 Å². The van der Waals surface area contributed by atoms with Gasteiger partial charge < -0.3 is 19.7 Å². The van der Waals surface area contributed by atoms with Crippen LogP contribution in [0.25, 0.3) is 0 Å². The first kappa shape index (κ1) is 19.7. The first-order valence-corrected chi connectivity index (χ1v) is 8.45. The molecule has 2 aromatic carbocycles. The highest BCUT2D eigenvalue weighted by Crippen LogP contribution is 2.21. The minimum atomic E-state index is -0.555. The fourth-order valence-electron chi connectivity index (χ4n) is 1.84. The highest BCUT2D eigenvalue weighted by molar-refractivity contribution is 9.10. The number of carbonyl (C=O) groups is 2. The maximum Gasteiger partial charge on any atom is 0.262 e. The number of amides is 2. The van der Waals surface area contributed by atoms with Crippen LogP contribution in [0.4, 0.5) is 10.1 Å². The number of likely N-dealkylation sites (N-methyl/N-ethyl adjacent to an activating group) is 1. The monoisotopic (exact) mass is 424 g/mol. The lowest BCUT2D eigenvalue weighted by Crippen LogP contribution is -2.27. The number of hydrogen-bond acceptors (Lipinski definition) is 4. The van der Waals surface area contributed by atoms with Crippen LogP contribution in [-0.4, -0.2) is 44.0 Å². The molecule has 8 heteroatoms. The lowest BCUT2D eigenvalue weighted by Gasteiger charge is -2.12. The van der Waals surface area contributed by atoms with Crippen molar-refractivity contribution in [3.63, 3.8) is 0 Å². The van der Waals surface area contributed by atoms with Crippen molar-refractivity contribution < 1.29 is 23.5 Å². The van der Waals surface area contributed by atoms with E-state index in [1.54, 1.807) is 44.4 Å². The van der Waals surface area contributed by atoms with Crippen molar-refractivity contribution in [2.24, 2.45) is 0 Å². The number of rotatable bonds is 7. The zero-order chi connectivity index (χ0) is 19.1. The molecule has 0 radical (unpaired) electrons. The topological polar surface area (TPSA) is 67.9 Å². The largest absolute Gasteiger partial charge is 0.484 e. The molecular weight excluding hydrogens is 407 g/mol. The van der Waals surface area contributed by atoms with Gasteiger partial charge in [0.15, 0.2) is 24.8 Å². The second-order valence-corrected chi connectivity index (χ2v) is 6.43. The van der Waals surface area contributed by atoms with Gasteiger partial charge in [-0.1, -0.05) is 15.9 Å². The van der Waals surface area contributed by atoms with Crippen molar-refractivity contribution in [1.82, 2.24) is 4.90 Å². The van der Waals surface area contributed by atoms with Gasteiger partial charge in [-0.2, -0.15) is 0 Å². The van der Waals surface area contributed by atoms with Crippen LogP contribution < -0.4 is 14.8 Å². The maximum absolute atomic E-state index is 13.6. The van der Waals surface area contributed by atoms with Crippen molar-refractivity contribution in [1.29, 1.82) is 0 Å². The van der Waals surface area contributed by atoms with Crippen molar-refractivity contribution in [2.75, 3.05) is 32.6 Å². The zero-order valence-corrected chi connectivity index (χ0v) is 15.9. The van der Waals surface area contributed by atoms with Crippen LogP contribution in [0.5, 0.6) is 11.5 Å². The van der Waals surface area contributed by atoms with E-state index in [4.69, 9.17) is 9.47 Å². The summed E-state index contributed by atoms with van der Waals surface area (Å²) < 4.78 is 24.7. The molecule has 0 heterocycles. The molecule has 0 bridgehead atoms. The van der Waals surface area contributed by atoms with Gasteiger partial charge in [0.2, 0.25) is 0 Å². The molecule has 0 aliphatic heterocycles. The Morgan fingerprint density at radius 3 is 2.38 bits per heavy atom. The van der Waals surface area contributed by atoms with E-state index in [-0.39, 0.29) is 24.9 Å². The summed E-state index contributed by atoms with van der Waals surface area (Å²) in [5.41, 5.74) is 0.529. The molecule has 2 rings (SSSR count). The summed E-state index contributed by atoms with van der Waals surface area (Å²) in [5.74, 6) is -0.631. The lowest BCUT2D eigenvalue weighted by atomic mass is 10.3. The van der Waals surface area contributed by atoms with Crippen LogP contribution >= 0.6 is 15.9 Å². The van der Waals surface area contributed by atoms with Crippen molar-refractivity contribution in [3.8, 4) is 11.5 Å². The highest BCUT2D eigenvalue weighted by atomic mass is 79.9. The Morgan fingerprint density at radius 2 is 1.77 bits per heavy atom. The Morgan fingerprint density at radius 1 is 1.08 bits per heavy atom. The molecule has 2 amide bonds. The summed E-state index contributed by atoms with van der Waals surface area (Å²) in [6, 6.07) is 10.8. The van der Waals surface area contributed by atoms with Gasteiger partial charge in [-0.15, -0.1) is 0 Å². The summed E-state index contributed by atoms with van der Waals surface area (Å²) in [5, 5.41) is 2.63. The summed E-state index contributed by atoms with van der Waals surface area (Å²) in [6.45, 7) is -0.389. The molecule has 0 aliphatic rings. The number of halogens is 2. The average molecular weight is 425 g/mol. The first-order chi connectivity index (χ1) is 12.3. The van der Waals surface area contributed by atoms with Crippen LogP contribution in [0.1, 0.15) is 0 Å². The van der Waals surface area contributed by atoms with E-state index < -0.39 is 11.7 Å². The summed E-state index contributed by atoms with van der Waals surface area (Å²) in [4.78, 5) is 24.8. The SMILES string of the molecule is CN(C)C(=O)COc1ccc(NC(=O)COc2ccc(Br)cc2F)cc1. The normalized spacial score (nSPS) is 10.2. The standard InChI is InChI=1S/C18H18BrFN2O4/c1-22(2)18(24)11-25-14-6-4-13(5-7-14)21-17(23)10-26-16-8-3-12(19)9-15(16)20/h3-9H,10-11H2,1-2H3,(H,21,23). The Labute approximate surface area is 159 Å². The molecule has 138 valence electrons. The predicted octanol–water partition coefficient (Wildman–Crippen LogP) is 3.07. The molecule has 0 saturated carbocycles. The van der Waals surface area contributed by atoms with Crippen LogP contribution in [-0.2, 0) is 9.59 Å². The van der Waals surface area contributed by atoms with Gasteiger partial charge >= 0.3 is 0 Å². The zero-order valence-electron chi connectivity index (χ0n) is 14.3. The van der Waals surface area contributed by atoms with Crippen molar-refractivity contribution in [2.45, 2.75) is 0 Å². The molecule has 0 aliphatic carbocycles. The van der Waals surface area contributed by atoms with Crippen molar-refractivity contribution in [3.05, 3.63) is 52.8 Å². The first-order valence-electron chi connectivity index (χ1n) is 7.66. The molecule has 0 atom stereocenters. The van der Waals surface area contributed by atoms with Gasteiger partial charge in [0.1, 0.15) is 5.75 Å². The number of anilines is 1. The van der Waals surface area contributed by atoms with Gasteiger partial charge in [0, 0.05) is 24.3 Å². The number of ether oxygens (including phenoxy) is 2. The van der Waals surface area contributed by atoms with Gasteiger partial charge in [0.05, 0.1) is 0 Å². The Balaban J connectivity index is 1.82. The van der Waals surface area contributed by atoms with Crippen LogP contribution in [0.2, 0.25) is 0 Å². The molecule has 0 saturated heterocycles. The minimum absolute atomic E-state index is 0.00217. The van der Waals surface area contributed by atoms with Crippen LogP contribution in [0, 0.1) is 5.82 Å². The number of benzene rings is 2. The van der Waals surface area contributed by atoms with E-state index in [9.17, 15) is 14.0 Å². The molecule has 26 heavy (non-hydrogen) atoms. The third-order valence-corrected chi connectivity index (χ3v) is 3.75. The molecular formula is C18H18BrFN2O4. The second kappa shape index (κ2) is 9.19. The van der Waals surface area contributed by atoms with Crippen molar-refractivity contribution >= 4 is 33.4 Å². The number of carbonyl (C=O) groups excluding carboxylic acids is 2. The fourth-order valence-corrected chi connectivity index (χ4v) is 2.17. The number of nitrogens with one attached hydrogen (secondary N) is 1. The highest BCUT2D eigenvalue weighted by Gasteiger charge is 2.09. The Hall–Kier alpha value is -2.61. The van der Waals surface area contributed by atoms with Gasteiger partial charge in [0.25, 0.3) is 11.8 Å². The van der Waals surface area contributed by atoms with Gasteiger partial charge in [-0.25, -0.2) is 4.39 Å². The Kier molecular flexibility index (Phi) is 6.97. The third kappa shape index (κ3) is 6.03. The molecule has 0 spiro atoms. The summed E-state index contributed by atoms with van der Waals surface area (Å²) in [6.07, 6.45) is 0.